The fraction of sp³-hybridized carbons (Fsp3) is 0.895. The fourth-order valence-electron chi connectivity index (χ4n) is 5.49. The molecule has 2 unspecified atom stereocenters. The van der Waals surface area contributed by atoms with Crippen LogP contribution in [0.2, 0.25) is 0 Å². The maximum absolute atomic E-state index is 2.67. The van der Waals surface area contributed by atoms with E-state index in [0.29, 0.717) is 5.41 Å². The molecule has 0 spiro atoms. The van der Waals surface area contributed by atoms with Crippen LogP contribution in [0.4, 0.5) is 0 Å². The number of unbranched alkanes of at least 4 members (excludes halogenated alkanes) is 1. The molecule has 0 aromatic carbocycles. The zero-order valence-corrected chi connectivity index (χ0v) is 14.4. The van der Waals surface area contributed by atoms with Crippen LogP contribution < -0.4 is 0 Å². The molecule has 3 atom stereocenters. The SMILES string of the molecule is CSCCCC[C@@]1(C)C2CCCC1C1=C(CCCC1)C2. The summed E-state index contributed by atoms with van der Waals surface area (Å²) >= 11 is 2.02. The normalized spacial score (nSPS) is 36.9. The summed E-state index contributed by atoms with van der Waals surface area (Å²) in [5, 5.41) is 0. The van der Waals surface area contributed by atoms with Crippen molar-refractivity contribution in [2.75, 3.05) is 12.0 Å². The molecule has 3 aliphatic carbocycles. The summed E-state index contributed by atoms with van der Waals surface area (Å²) in [5.74, 6) is 3.35. The molecule has 3 aliphatic rings. The number of hydrogen-bond donors (Lipinski definition) is 0. The van der Waals surface area contributed by atoms with E-state index in [4.69, 9.17) is 0 Å². The van der Waals surface area contributed by atoms with Crippen LogP contribution in [0.15, 0.2) is 11.1 Å². The Morgan fingerprint density at radius 3 is 2.80 bits per heavy atom. The van der Waals surface area contributed by atoms with Crippen LogP contribution in [0.1, 0.15) is 77.6 Å². The maximum atomic E-state index is 2.67. The molecule has 0 aliphatic heterocycles. The summed E-state index contributed by atoms with van der Waals surface area (Å²) in [6.07, 6.45) is 18.5. The van der Waals surface area contributed by atoms with Crippen LogP contribution in [0, 0.1) is 17.3 Å². The van der Waals surface area contributed by atoms with E-state index >= 15 is 0 Å². The molecule has 0 aromatic heterocycles. The molecule has 0 heterocycles. The van der Waals surface area contributed by atoms with Gasteiger partial charge in [-0.05, 0) is 87.0 Å². The fourth-order valence-corrected chi connectivity index (χ4v) is 5.99. The van der Waals surface area contributed by atoms with Gasteiger partial charge >= 0.3 is 0 Å². The minimum Gasteiger partial charge on any atom is -0.165 e. The zero-order chi connectivity index (χ0) is 14.0. The molecular weight excluding hydrogens is 260 g/mol. The molecule has 20 heavy (non-hydrogen) atoms. The summed E-state index contributed by atoms with van der Waals surface area (Å²) in [4.78, 5) is 0. The molecule has 0 saturated heterocycles. The highest BCUT2D eigenvalue weighted by atomic mass is 32.2. The first-order valence-corrected chi connectivity index (χ1v) is 10.3. The Bertz CT molecular complexity index is 370. The average molecular weight is 293 g/mol. The van der Waals surface area contributed by atoms with Crippen LogP contribution in [0.3, 0.4) is 0 Å². The summed E-state index contributed by atoms with van der Waals surface area (Å²) < 4.78 is 0. The van der Waals surface area contributed by atoms with E-state index in [1.165, 1.54) is 76.4 Å². The van der Waals surface area contributed by atoms with Gasteiger partial charge in [0.05, 0.1) is 0 Å². The second-order valence-electron chi connectivity index (χ2n) is 7.68. The Balaban J connectivity index is 1.75. The summed E-state index contributed by atoms with van der Waals surface area (Å²) in [6, 6.07) is 0. The second-order valence-corrected chi connectivity index (χ2v) is 8.66. The Morgan fingerprint density at radius 1 is 1.10 bits per heavy atom. The second kappa shape index (κ2) is 6.46. The Labute approximate surface area is 130 Å². The third-order valence-corrected chi connectivity index (χ3v) is 7.33. The molecule has 2 bridgehead atoms. The number of allylic oxidation sites excluding steroid dienone is 2. The highest BCUT2D eigenvalue weighted by Crippen LogP contribution is 2.59. The molecule has 1 heteroatoms. The third kappa shape index (κ3) is 2.72. The average Bonchev–Trinajstić information content (AvgIpc) is 2.44. The van der Waals surface area contributed by atoms with Gasteiger partial charge in [0.1, 0.15) is 0 Å². The van der Waals surface area contributed by atoms with Gasteiger partial charge < -0.3 is 0 Å². The molecule has 1 fully saturated rings. The van der Waals surface area contributed by atoms with Crippen molar-refractivity contribution < 1.29 is 0 Å². The summed E-state index contributed by atoms with van der Waals surface area (Å²) in [6.45, 7) is 2.67. The van der Waals surface area contributed by atoms with Crippen LogP contribution in [0.5, 0.6) is 0 Å². The van der Waals surface area contributed by atoms with E-state index < -0.39 is 0 Å². The van der Waals surface area contributed by atoms with Gasteiger partial charge in [0, 0.05) is 0 Å². The minimum atomic E-state index is 0.660. The van der Waals surface area contributed by atoms with Crippen molar-refractivity contribution in [3.8, 4) is 0 Å². The van der Waals surface area contributed by atoms with Gasteiger partial charge in [-0.2, -0.15) is 11.8 Å². The number of rotatable bonds is 5. The molecule has 114 valence electrons. The van der Waals surface area contributed by atoms with Gasteiger partial charge in [0.15, 0.2) is 0 Å². The largest absolute Gasteiger partial charge is 0.165 e. The van der Waals surface area contributed by atoms with Gasteiger partial charge in [0.2, 0.25) is 0 Å². The van der Waals surface area contributed by atoms with Crippen LogP contribution in [0.25, 0.3) is 0 Å². The van der Waals surface area contributed by atoms with E-state index in [1.807, 2.05) is 22.9 Å². The minimum absolute atomic E-state index is 0.660. The molecule has 0 nitrogen and oxygen atoms in total. The highest BCUT2D eigenvalue weighted by molar-refractivity contribution is 7.98. The molecule has 1 saturated carbocycles. The summed E-state index contributed by atoms with van der Waals surface area (Å²) in [7, 11) is 0. The summed E-state index contributed by atoms with van der Waals surface area (Å²) in [5.41, 5.74) is 4.54. The molecule has 0 aromatic rings. The number of fused-ring (bicyclic) bond motifs is 3. The topological polar surface area (TPSA) is 0 Å². The van der Waals surface area contributed by atoms with Gasteiger partial charge in [-0.3, -0.25) is 0 Å². The smallest absolute Gasteiger partial charge is 0.00703 e. The predicted octanol–water partition coefficient (Wildman–Crippen LogP) is 6.22. The van der Waals surface area contributed by atoms with Gasteiger partial charge in [-0.25, -0.2) is 0 Å². The van der Waals surface area contributed by atoms with Crippen molar-refractivity contribution >= 4 is 11.8 Å². The Kier molecular flexibility index (Phi) is 4.85. The van der Waals surface area contributed by atoms with Crippen LogP contribution >= 0.6 is 11.8 Å². The van der Waals surface area contributed by atoms with E-state index in [1.54, 1.807) is 0 Å². The van der Waals surface area contributed by atoms with E-state index in [9.17, 15) is 0 Å². The van der Waals surface area contributed by atoms with E-state index in [-0.39, 0.29) is 0 Å². The lowest BCUT2D eigenvalue weighted by atomic mass is 9.51. The maximum Gasteiger partial charge on any atom is -0.00703 e. The van der Waals surface area contributed by atoms with Crippen molar-refractivity contribution in [3.05, 3.63) is 11.1 Å². The van der Waals surface area contributed by atoms with Crippen molar-refractivity contribution in [1.29, 1.82) is 0 Å². The predicted molar refractivity (Wildman–Crippen MR) is 91.3 cm³/mol. The molecule has 0 amide bonds. The van der Waals surface area contributed by atoms with Gasteiger partial charge in [-0.1, -0.05) is 30.9 Å². The molecule has 0 radical (unpaired) electrons. The lowest BCUT2D eigenvalue weighted by Gasteiger charge is -2.54. The number of thioether (sulfide) groups is 1. The monoisotopic (exact) mass is 292 g/mol. The highest BCUT2D eigenvalue weighted by Gasteiger charge is 2.48. The zero-order valence-electron chi connectivity index (χ0n) is 13.5. The first-order chi connectivity index (χ1) is 9.75. The molecule has 3 rings (SSSR count). The molecule has 0 N–H and O–H groups in total. The first kappa shape index (κ1) is 15.0. The van der Waals surface area contributed by atoms with Crippen LogP contribution in [-0.2, 0) is 0 Å². The third-order valence-electron chi connectivity index (χ3n) is 6.63. The van der Waals surface area contributed by atoms with E-state index in [0.717, 1.165) is 11.8 Å². The standard InChI is InChI=1S/C19H32S/c1-19(12-5-6-13-20-2)16-9-7-11-18(19)17-10-4-3-8-15(17)14-16/h16,18H,3-14H2,1-2H3/t16?,18?,19-/m0/s1. The first-order valence-electron chi connectivity index (χ1n) is 8.95. The quantitative estimate of drug-likeness (QED) is 0.428. The van der Waals surface area contributed by atoms with Crippen molar-refractivity contribution in [1.82, 2.24) is 0 Å². The molecular formula is C19H32S. The lowest BCUT2D eigenvalue weighted by Crippen LogP contribution is -2.44. The van der Waals surface area contributed by atoms with Gasteiger partial charge in [0.25, 0.3) is 0 Å². The van der Waals surface area contributed by atoms with Crippen molar-refractivity contribution in [2.45, 2.75) is 77.6 Å². The van der Waals surface area contributed by atoms with Gasteiger partial charge in [-0.15, -0.1) is 0 Å². The lowest BCUT2D eigenvalue weighted by molar-refractivity contribution is 0.0308. The van der Waals surface area contributed by atoms with E-state index in [2.05, 4.69) is 13.2 Å². The Hall–Kier alpha value is 0.0900. The number of hydrogen-bond acceptors (Lipinski definition) is 1. The van der Waals surface area contributed by atoms with Crippen molar-refractivity contribution in [3.63, 3.8) is 0 Å². The Morgan fingerprint density at radius 2 is 1.95 bits per heavy atom. The van der Waals surface area contributed by atoms with Crippen molar-refractivity contribution in [2.24, 2.45) is 17.3 Å². The van der Waals surface area contributed by atoms with Crippen LogP contribution in [-0.4, -0.2) is 12.0 Å².